The molecule has 7 heteroatoms. The molecule has 2 aromatic carbocycles. The molecule has 5 rings (SSSR count). The van der Waals surface area contributed by atoms with Gasteiger partial charge < -0.3 is 10.6 Å². The molecule has 2 aliphatic heterocycles. The molecule has 7 nitrogen and oxygen atoms in total. The summed E-state index contributed by atoms with van der Waals surface area (Å²) in [5, 5.41) is 4.22. The van der Waals surface area contributed by atoms with Crippen LogP contribution in [-0.4, -0.2) is 33.6 Å². The lowest BCUT2D eigenvalue weighted by Gasteiger charge is -2.29. The lowest BCUT2D eigenvalue weighted by Crippen LogP contribution is -2.52. The molecule has 0 saturated carbocycles. The molecule has 0 spiro atoms. The maximum atomic E-state index is 12.8. The molecule has 0 aliphatic carbocycles. The van der Waals surface area contributed by atoms with E-state index in [1.54, 1.807) is 11.0 Å². The number of hydrogen-bond donors (Lipinski definition) is 2. The number of nitrogen functional groups attached to an aromatic ring is 1. The molecule has 3 aromatic rings. The van der Waals surface area contributed by atoms with E-state index in [0.29, 0.717) is 24.3 Å². The van der Waals surface area contributed by atoms with E-state index in [-0.39, 0.29) is 18.2 Å². The maximum absolute atomic E-state index is 12.8. The quantitative estimate of drug-likeness (QED) is 0.657. The standard InChI is InChI=1S/C22H18N4O3/c23-20-15-4-2-1-3-12(15)10-17(24-20)13-5-6-16-14(9-13)11-26(22(16)29)18-7-8-19(27)25-21(18)28/h1-6,9-10,18H,7-8,11H2,(H2,23,24)(H,25,27,28)/t18-/m0/s1. The first-order chi connectivity index (χ1) is 14.0. The Morgan fingerprint density at radius 2 is 1.90 bits per heavy atom. The van der Waals surface area contributed by atoms with Crippen molar-refractivity contribution in [3.8, 4) is 11.3 Å². The van der Waals surface area contributed by atoms with Gasteiger partial charge in [-0.1, -0.05) is 30.3 Å². The lowest BCUT2D eigenvalue weighted by molar-refractivity contribution is -0.136. The first kappa shape index (κ1) is 17.4. The largest absolute Gasteiger partial charge is 0.383 e. The van der Waals surface area contributed by atoms with Crippen LogP contribution in [0.15, 0.2) is 48.5 Å². The van der Waals surface area contributed by atoms with Gasteiger partial charge in [0.25, 0.3) is 5.91 Å². The molecule has 1 atom stereocenters. The van der Waals surface area contributed by atoms with Gasteiger partial charge in [-0.15, -0.1) is 0 Å². The summed E-state index contributed by atoms with van der Waals surface area (Å²) in [4.78, 5) is 42.5. The van der Waals surface area contributed by atoms with Gasteiger partial charge in [0.2, 0.25) is 11.8 Å². The lowest BCUT2D eigenvalue weighted by atomic mass is 10.0. The van der Waals surface area contributed by atoms with Crippen LogP contribution in [-0.2, 0) is 16.1 Å². The Bertz CT molecular complexity index is 1200. The molecule has 3 N–H and O–H groups in total. The van der Waals surface area contributed by atoms with Crippen molar-refractivity contribution < 1.29 is 14.4 Å². The van der Waals surface area contributed by atoms with Crippen LogP contribution >= 0.6 is 0 Å². The fourth-order valence-corrected chi connectivity index (χ4v) is 4.11. The van der Waals surface area contributed by atoms with Crippen molar-refractivity contribution in [2.45, 2.75) is 25.4 Å². The Labute approximate surface area is 166 Å². The number of nitrogens with two attached hydrogens (primary N) is 1. The molecular formula is C22H18N4O3. The third kappa shape index (κ3) is 2.82. The summed E-state index contributed by atoms with van der Waals surface area (Å²) < 4.78 is 0. The van der Waals surface area contributed by atoms with E-state index in [0.717, 1.165) is 27.6 Å². The SMILES string of the molecule is Nc1nc(-c2ccc3c(c2)CN([C@H]2CCC(=O)NC2=O)C3=O)cc2ccccc12. The summed E-state index contributed by atoms with van der Waals surface area (Å²) in [6, 6.07) is 14.7. The summed E-state index contributed by atoms with van der Waals surface area (Å²) in [6.45, 7) is 0.331. The highest BCUT2D eigenvalue weighted by molar-refractivity contribution is 6.05. The van der Waals surface area contributed by atoms with Gasteiger partial charge in [0.05, 0.1) is 5.69 Å². The predicted octanol–water partition coefficient (Wildman–Crippen LogP) is 2.25. The second-order valence-corrected chi connectivity index (χ2v) is 7.39. The van der Waals surface area contributed by atoms with Crippen molar-refractivity contribution in [3.05, 3.63) is 59.7 Å². The summed E-state index contributed by atoms with van der Waals surface area (Å²) in [6.07, 6.45) is 0.585. The molecule has 0 radical (unpaired) electrons. The van der Waals surface area contributed by atoms with Crippen molar-refractivity contribution in [1.29, 1.82) is 0 Å². The predicted molar refractivity (Wildman–Crippen MR) is 108 cm³/mol. The number of nitrogens with zero attached hydrogens (tertiary/aromatic N) is 2. The van der Waals surface area contributed by atoms with Crippen LogP contribution in [0.5, 0.6) is 0 Å². The Balaban J connectivity index is 1.49. The van der Waals surface area contributed by atoms with Gasteiger partial charge >= 0.3 is 0 Å². The molecule has 1 fully saturated rings. The van der Waals surface area contributed by atoms with Gasteiger partial charge in [0.15, 0.2) is 0 Å². The summed E-state index contributed by atoms with van der Waals surface area (Å²) in [5.74, 6) is -0.434. The fourth-order valence-electron chi connectivity index (χ4n) is 4.11. The number of anilines is 1. The molecular weight excluding hydrogens is 368 g/mol. The van der Waals surface area contributed by atoms with Crippen molar-refractivity contribution in [2.75, 3.05) is 5.73 Å². The fraction of sp³-hybridized carbons (Fsp3) is 0.182. The number of carbonyl (C=O) groups excluding carboxylic acids is 3. The average Bonchev–Trinajstić information content (AvgIpc) is 3.04. The number of pyridine rings is 1. The zero-order valence-corrected chi connectivity index (χ0v) is 15.5. The summed E-state index contributed by atoms with van der Waals surface area (Å²) >= 11 is 0. The molecule has 144 valence electrons. The first-order valence-corrected chi connectivity index (χ1v) is 9.44. The minimum Gasteiger partial charge on any atom is -0.383 e. The van der Waals surface area contributed by atoms with Gasteiger partial charge in [-0.2, -0.15) is 0 Å². The van der Waals surface area contributed by atoms with Crippen LogP contribution < -0.4 is 11.1 Å². The molecule has 2 aliphatic rings. The molecule has 29 heavy (non-hydrogen) atoms. The highest BCUT2D eigenvalue weighted by atomic mass is 16.2. The highest BCUT2D eigenvalue weighted by Gasteiger charge is 2.39. The van der Waals surface area contributed by atoms with E-state index < -0.39 is 11.9 Å². The van der Waals surface area contributed by atoms with Crippen molar-refractivity contribution in [1.82, 2.24) is 15.2 Å². The maximum Gasteiger partial charge on any atom is 0.255 e. The van der Waals surface area contributed by atoms with Gasteiger partial charge in [-0.25, -0.2) is 4.98 Å². The molecule has 0 bridgehead atoms. The topological polar surface area (TPSA) is 105 Å². The Morgan fingerprint density at radius 3 is 2.72 bits per heavy atom. The normalized spacial score (nSPS) is 18.8. The monoisotopic (exact) mass is 386 g/mol. The molecule has 1 saturated heterocycles. The number of hydrogen-bond acceptors (Lipinski definition) is 5. The Morgan fingerprint density at radius 1 is 1.07 bits per heavy atom. The van der Waals surface area contributed by atoms with Gasteiger partial charge in [0, 0.05) is 29.5 Å². The number of carbonyl (C=O) groups is 3. The zero-order valence-electron chi connectivity index (χ0n) is 15.5. The van der Waals surface area contributed by atoms with E-state index >= 15 is 0 Å². The van der Waals surface area contributed by atoms with Crippen LogP contribution in [0.3, 0.4) is 0 Å². The van der Waals surface area contributed by atoms with Gasteiger partial charge in [-0.3, -0.25) is 19.7 Å². The van der Waals surface area contributed by atoms with Gasteiger partial charge in [-0.05, 0) is 35.6 Å². The van der Waals surface area contributed by atoms with Gasteiger partial charge in [0.1, 0.15) is 11.9 Å². The van der Waals surface area contributed by atoms with Crippen LogP contribution in [0.4, 0.5) is 5.82 Å². The second kappa shape index (κ2) is 6.41. The van der Waals surface area contributed by atoms with Crippen molar-refractivity contribution in [3.63, 3.8) is 0 Å². The number of amides is 3. The van der Waals surface area contributed by atoms with Crippen LogP contribution in [0.1, 0.15) is 28.8 Å². The number of piperidine rings is 1. The number of imide groups is 1. The summed E-state index contributed by atoms with van der Waals surface area (Å²) in [7, 11) is 0. The molecule has 3 amide bonds. The minimum atomic E-state index is -0.620. The summed E-state index contributed by atoms with van der Waals surface area (Å²) in [5.41, 5.74) is 9.14. The van der Waals surface area contributed by atoms with E-state index in [4.69, 9.17) is 5.73 Å². The van der Waals surface area contributed by atoms with E-state index in [1.807, 2.05) is 42.5 Å². The van der Waals surface area contributed by atoms with Crippen molar-refractivity contribution >= 4 is 34.3 Å². The smallest absolute Gasteiger partial charge is 0.255 e. The molecule has 0 unspecified atom stereocenters. The highest BCUT2D eigenvalue weighted by Crippen LogP contribution is 2.32. The zero-order chi connectivity index (χ0) is 20.1. The Kier molecular flexibility index (Phi) is 3.84. The third-order valence-electron chi connectivity index (χ3n) is 5.59. The van der Waals surface area contributed by atoms with Crippen molar-refractivity contribution in [2.24, 2.45) is 0 Å². The second-order valence-electron chi connectivity index (χ2n) is 7.39. The third-order valence-corrected chi connectivity index (χ3v) is 5.59. The number of nitrogens with one attached hydrogen (secondary N) is 1. The number of rotatable bonds is 2. The number of fused-ring (bicyclic) bond motifs is 2. The minimum absolute atomic E-state index is 0.188. The van der Waals surface area contributed by atoms with E-state index in [1.165, 1.54) is 0 Å². The molecule has 3 heterocycles. The molecule has 1 aromatic heterocycles. The average molecular weight is 386 g/mol. The van der Waals surface area contributed by atoms with Crippen LogP contribution in [0, 0.1) is 0 Å². The van der Waals surface area contributed by atoms with E-state index in [9.17, 15) is 14.4 Å². The number of aromatic nitrogens is 1. The Hall–Kier alpha value is -3.74. The number of benzene rings is 2. The van der Waals surface area contributed by atoms with Crippen LogP contribution in [0.2, 0.25) is 0 Å². The first-order valence-electron chi connectivity index (χ1n) is 9.44. The van der Waals surface area contributed by atoms with Crippen LogP contribution in [0.25, 0.3) is 22.0 Å². The van der Waals surface area contributed by atoms with E-state index in [2.05, 4.69) is 10.3 Å².